The Kier molecular flexibility index (Phi) is 41.3. The quantitative estimate of drug-likeness (QED) is 0.0262. The second kappa shape index (κ2) is 44.0. The zero-order valence-corrected chi connectivity index (χ0v) is 52.5. The normalized spacial score (nSPS) is 11.3. The Balaban J connectivity index is 0.00000102. The van der Waals surface area contributed by atoms with Gasteiger partial charge in [-0.1, -0.05) is 129 Å². The number of allylic oxidation sites excluding steroid dienone is 5. The topological polar surface area (TPSA) is 20.2 Å². The van der Waals surface area contributed by atoms with Crippen LogP contribution in [0.25, 0.3) is 0 Å². The summed E-state index contributed by atoms with van der Waals surface area (Å²) in [6, 6.07) is 66.3. The van der Waals surface area contributed by atoms with Gasteiger partial charge in [0.15, 0.2) is 0 Å². The molecule has 6 aromatic rings. The minimum atomic E-state index is -3.67. The zero-order chi connectivity index (χ0) is 55.9. The van der Waals surface area contributed by atoms with E-state index in [0.717, 1.165) is 29.1 Å². The number of hydrogen-bond donors (Lipinski definition) is 1. The van der Waals surface area contributed by atoms with Crippen molar-refractivity contribution in [3.05, 3.63) is 230 Å². The number of aliphatic hydroxyl groups excluding tert-OH is 1. The monoisotopic (exact) mass is 1190 g/mol. The van der Waals surface area contributed by atoms with E-state index in [4.69, 9.17) is 5.11 Å². The summed E-state index contributed by atoms with van der Waals surface area (Å²) >= 11 is -5.49. The van der Waals surface area contributed by atoms with Crippen molar-refractivity contribution in [2.24, 2.45) is 0 Å². The molecule has 1 nitrogen and oxygen atoms in total. The number of hydrogen-bond acceptors (Lipinski definition) is 1. The number of aliphatic hydroxyl groups is 1. The Morgan fingerprint density at radius 3 is 0.885 bits per heavy atom. The van der Waals surface area contributed by atoms with Crippen LogP contribution >= 0.6 is 0 Å². The second-order valence-electron chi connectivity index (χ2n) is 20.4. The zero-order valence-electron chi connectivity index (χ0n) is 48.3. The molecule has 0 fully saturated rings. The first-order valence-corrected chi connectivity index (χ1v) is 37.5. The maximum Gasteiger partial charge on any atom is 0.762 e. The van der Waals surface area contributed by atoms with E-state index in [-0.39, 0.29) is 18.7 Å². The van der Waals surface area contributed by atoms with Crippen molar-refractivity contribution in [3.8, 4) is 0 Å². The van der Waals surface area contributed by atoms with Crippen LogP contribution in [0.2, 0.25) is 29.4 Å². The standard InChI is InChI=1S/2C22H23As.C12H27B.C12H22O.CH4.BF3.FH/c2*1-19(2)18-23(20-12-6-3-7-13-20,21-14-8-4-9-15-21)22-16-10-5-11-17-22;1-4-7-10-13(11-8-5-2)12-9-6-3;1-4-5-6-7-11(2)8-9-12(3)10-13;;2-1(3)4;/h2*3-17,23H,1,18H2,2H3;4-12H2,1-3H3;7,9,13H,4-6,8,10H2,1-3H3;1H4;;1H/p-1/b;;;11-7+,12-9+;;;. The fourth-order valence-electron chi connectivity index (χ4n) is 9.80. The van der Waals surface area contributed by atoms with Crippen molar-refractivity contribution in [1.29, 1.82) is 0 Å². The Morgan fingerprint density at radius 2 is 0.679 bits per heavy atom. The van der Waals surface area contributed by atoms with Crippen LogP contribution in [0.15, 0.2) is 230 Å². The summed E-state index contributed by atoms with van der Waals surface area (Å²) in [5.41, 5.74) is 4.99. The van der Waals surface area contributed by atoms with Gasteiger partial charge in [-0.05, 0) is 26.7 Å². The molecule has 0 atom stereocenters. The Hall–Kier alpha value is -4.79. The second-order valence-corrected chi connectivity index (χ2v) is 36.8. The van der Waals surface area contributed by atoms with Gasteiger partial charge < -0.3 is 9.81 Å². The molecule has 426 valence electrons. The van der Waals surface area contributed by atoms with Crippen LogP contribution < -0.4 is 30.8 Å². The van der Waals surface area contributed by atoms with Crippen LogP contribution in [0, 0.1) is 0 Å². The van der Waals surface area contributed by atoms with Crippen molar-refractivity contribution in [2.75, 3.05) is 6.61 Å². The van der Waals surface area contributed by atoms with Gasteiger partial charge in [0.25, 0.3) is 0 Å². The fraction of sp³-hybridized carbons (Fsp3) is 0.362. The van der Waals surface area contributed by atoms with Crippen molar-refractivity contribution in [2.45, 2.75) is 156 Å². The molecule has 0 saturated heterocycles. The third-order valence-corrected chi connectivity index (χ3v) is 35.1. The predicted octanol–water partition coefficient (Wildman–Crippen LogP) is 13.8. The van der Waals surface area contributed by atoms with E-state index < -0.39 is 34.6 Å². The van der Waals surface area contributed by atoms with Crippen LogP contribution in [0.3, 0.4) is 0 Å². The summed E-state index contributed by atoms with van der Waals surface area (Å²) < 4.78 is 38.0. The molecule has 0 radical (unpaired) electrons. The molecule has 0 aliphatic carbocycles. The molecule has 0 aromatic heterocycles. The average molecular weight is 1190 g/mol. The van der Waals surface area contributed by atoms with Gasteiger partial charge in [-0.15, -0.1) is 0 Å². The molecule has 0 spiro atoms. The van der Waals surface area contributed by atoms with E-state index in [1.807, 2.05) is 6.92 Å². The molecule has 0 saturated carbocycles. The molecule has 78 heavy (non-hydrogen) atoms. The number of benzene rings is 6. The summed E-state index contributed by atoms with van der Waals surface area (Å²) in [6.07, 6.45) is 22.0. The third kappa shape index (κ3) is 27.4. The van der Waals surface area contributed by atoms with Gasteiger partial charge in [-0.2, -0.15) is 0 Å². The van der Waals surface area contributed by atoms with Gasteiger partial charge in [0.05, 0.1) is 6.61 Å². The minimum absolute atomic E-state index is 0. The molecular formula is C69H99As2B2F4O-. The van der Waals surface area contributed by atoms with Crippen molar-refractivity contribution >= 4 is 67.5 Å². The van der Waals surface area contributed by atoms with Crippen LogP contribution in [0.1, 0.15) is 127 Å². The van der Waals surface area contributed by atoms with Crippen LogP contribution in [0.4, 0.5) is 12.9 Å². The van der Waals surface area contributed by atoms with Gasteiger partial charge in [0.1, 0.15) is 6.71 Å². The van der Waals surface area contributed by atoms with Gasteiger partial charge in [0, 0.05) is 0 Å². The molecule has 9 heteroatoms. The largest absolute Gasteiger partial charge is 1.00 e. The van der Waals surface area contributed by atoms with E-state index in [0.29, 0.717) is 0 Å². The average Bonchev–Trinajstić information content (AvgIpc) is 3.45. The summed E-state index contributed by atoms with van der Waals surface area (Å²) in [4.78, 5) is 0. The van der Waals surface area contributed by atoms with E-state index in [1.54, 1.807) is 0 Å². The first-order valence-electron chi connectivity index (χ1n) is 28.2. The van der Waals surface area contributed by atoms with Crippen molar-refractivity contribution in [3.63, 3.8) is 0 Å². The summed E-state index contributed by atoms with van der Waals surface area (Å²) in [5.74, 6) is 0. The van der Waals surface area contributed by atoms with Gasteiger partial charge in [-0.25, -0.2) is 0 Å². The molecular weight excluding hydrogens is 1090 g/mol. The van der Waals surface area contributed by atoms with Crippen molar-refractivity contribution < 1.29 is 22.8 Å². The Morgan fingerprint density at radius 1 is 0.436 bits per heavy atom. The maximum absolute atomic E-state index is 9.67. The first kappa shape index (κ1) is 73.2. The van der Waals surface area contributed by atoms with Gasteiger partial charge in [0.2, 0.25) is 0 Å². The summed E-state index contributed by atoms with van der Waals surface area (Å²) in [7, 11) is -3.67. The molecule has 6 rings (SSSR count). The molecule has 0 amide bonds. The Labute approximate surface area is 479 Å². The van der Waals surface area contributed by atoms with Gasteiger partial charge in [-0.3, -0.25) is 12.9 Å². The first-order chi connectivity index (χ1) is 36.7. The molecule has 1 N–H and O–H groups in total. The van der Waals surface area contributed by atoms with Crippen LogP contribution in [-0.2, 0) is 0 Å². The number of halogens is 4. The predicted molar refractivity (Wildman–Crippen MR) is 349 cm³/mol. The number of unbranched alkanes of at least 4 members (excludes halogenated alkanes) is 5. The molecule has 0 bridgehead atoms. The molecule has 0 unspecified atom stereocenters. The van der Waals surface area contributed by atoms with Crippen molar-refractivity contribution in [1.82, 2.24) is 0 Å². The van der Waals surface area contributed by atoms with Gasteiger partial charge >= 0.3 is 291 Å². The van der Waals surface area contributed by atoms with Crippen LogP contribution in [-0.4, -0.2) is 53.1 Å². The van der Waals surface area contributed by atoms with Crippen LogP contribution in [0.5, 0.6) is 0 Å². The summed E-state index contributed by atoms with van der Waals surface area (Å²) in [5, 5.41) is 10.9. The molecule has 0 aliphatic heterocycles. The SMILES string of the molecule is C.C=C(C)C[AsH](c1ccccc1)(c1ccccc1)c1ccccc1.C=C(C)C[AsH](c1ccccc1)(c1ccccc1)c1ccccc1.CCCC/C=C(\C)C/C=C(\C)CO.CCCCB(CCCC)CCCC.FB(F)F.[F-]. The van der Waals surface area contributed by atoms with E-state index >= 15 is 0 Å². The Bertz CT molecular complexity index is 2100. The third-order valence-electron chi connectivity index (χ3n) is 13.7. The smallest absolute Gasteiger partial charge is 0.762 e. The molecule has 6 aromatic carbocycles. The summed E-state index contributed by atoms with van der Waals surface area (Å²) in [6.45, 7) is 27.3. The minimum Gasteiger partial charge on any atom is -1.00 e. The maximum atomic E-state index is 9.67. The molecule has 0 heterocycles. The number of rotatable bonds is 25. The van der Waals surface area contributed by atoms with E-state index in [2.05, 4.69) is 256 Å². The molecule has 0 aliphatic rings. The van der Waals surface area contributed by atoms with E-state index in [9.17, 15) is 12.9 Å². The fourth-order valence-corrected chi connectivity index (χ4v) is 30.0. The van der Waals surface area contributed by atoms with E-state index in [1.165, 1.54) is 120 Å².